The highest BCUT2D eigenvalue weighted by Crippen LogP contribution is 2.41. The second kappa shape index (κ2) is 6.15. The maximum Gasteiger partial charge on any atom is 0.253 e. The van der Waals surface area contributed by atoms with Gasteiger partial charge in [0.15, 0.2) is 17.3 Å². The van der Waals surface area contributed by atoms with Crippen LogP contribution < -0.4 is 14.2 Å². The van der Waals surface area contributed by atoms with Gasteiger partial charge in [0.05, 0.1) is 12.0 Å². The lowest BCUT2D eigenvalue weighted by atomic mass is 9.82. The summed E-state index contributed by atoms with van der Waals surface area (Å²) in [7, 11) is 0. The first-order valence-electron chi connectivity index (χ1n) is 9.27. The Hall–Kier alpha value is -3.22. The Labute approximate surface area is 161 Å². The van der Waals surface area contributed by atoms with Gasteiger partial charge in [0, 0.05) is 37.6 Å². The first kappa shape index (κ1) is 16.9. The highest BCUT2D eigenvalue weighted by atomic mass is 16.7. The van der Waals surface area contributed by atoms with Crippen molar-refractivity contribution in [1.82, 2.24) is 4.90 Å². The van der Waals surface area contributed by atoms with Crippen LogP contribution in [0.5, 0.6) is 23.0 Å². The van der Waals surface area contributed by atoms with E-state index in [1.165, 1.54) is 12.1 Å². The van der Waals surface area contributed by atoms with Crippen molar-refractivity contribution in [1.29, 1.82) is 0 Å². The smallest absolute Gasteiger partial charge is 0.253 e. The summed E-state index contributed by atoms with van der Waals surface area (Å²) in [6.45, 7) is 1.16. The van der Waals surface area contributed by atoms with Crippen molar-refractivity contribution < 1.29 is 28.9 Å². The zero-order valence-corrected chi connectivity index (χ0v) is 15.1. The second-order valence-electron chi connectivity index (χ2n) is 7.43. The number of nitrogens with zero attached hydrogens (tertiary/aromatic N) is 1. The molecule has 1 N–H and O–H groups in total. The molecule has 0 unspecified atom stereocenters. The highest BCUT2D eigenvalue weighted by Gasteiger charge is 2.43. The number of benzene rings is 2. The summed E-state index contributed by atoms with van der Waals surface area (Å²) in [4.78, 5) is 27.2. The van der Waals surface area contributed by atoms with Crippen molar-refractivity contribution in [3.8, 4) is 23.0 Å². The Bertz CT molecular complexity index is 977. The molecule has 1 fully saturated rings. The Morgan fingerprint density at radius 2 is 1.79 bits per heavy atom. The second-order valence-corrected chi connectivity index (χ2v) is 7.43. The normalized spacial score (nSPS) is 19.3. The molecule has 2 aromatic rings. The third-order valence-corrected chi connectivity index (χ3v) is 5.66. The average molecular weight is 381 g/mol. The number of ketones is 1. The molecule has 1 spiro atoms. The molecule has 28 heavy (non-hydrogen) atoms. The van der Waals surface area contributed by atoms with Crippen LogP contribution >= 0.6 is 0 Å². The van der Waals surface area contributed by atoms with E-state index >= 15 is 0 Å². The molecule has 7 heteroatoms. The number of fused-ring (bicyclic) bond motifs is 2. The molecule has 0 aromatic heterocycles. The quantitative estimate of drug-likeness (QED) is 0.818. The van der Waals surface area contributed by atoms with Gasteiger partial charge in [-0.25, -0.2) is 0 Å². The number of hydrogen-bond acceptors (Lipinski definition) is 6. The third kappa shape index (κ3) is 2.74. The van der Waals surface area contributed by atoms with Crippen LogP contribution in [0.1, 0.15) is 40.0 Å². The summed E-state index contributed by atoms with van der Waals surface area (Å²) in [6.07, 6.45) is 1.41. The minimum absolute atomic E-state index is 0.0109. The van der Waals surface area contributed by atoms with E-state index in [1.807, 2.05) is 0 Å². The summed E-state index contributed by atoms with van der Waals surface area (Å²) in [5.74, 6) is 1.65. The van der Waals surface area contributed by atoms with Gasteiger partial charge in [0.25, 0.3) is 5.91 Å². The summed E-state index contributed by atoms with van der Waals surface area (Å²) >= 11 is 0. The van der Waals surface area contributed by atoms with Crippen LogP contribution in [0.15, 0.2) is 36.4 Å². The molecule has 0 radical (unpaired) electrons. The van der Waals surface area contributed by atoms with Gasteiger partial charge in [-0.3, -0.25) is 9.59 Å². The van der Waals surface area contributed by atoms with Gasteiger partial charge in [0.1, 0.15) is 17.1 Å². The fraction of sp³-hybridized carbons (Fsp3) is 0.333. The Morgan fingerprint density at radius 1 is 1.00 bits per heavy atom. The molecule has 3 aliphatic heterocycles. The van der Waals surface area contributed by atoms with Crippen LogP contribution in [0.4, 0.5) is 0 Å². The molecular weight excluding hydrogens is 362 g/mol. The number of rotatable bonds is 1. The van der Waals surface area contributed by atoms with E-state index in [9.17, 15) is 14.7 Å². The number of hydrogen-bond donors (Lipinski definition) is 1. The van der Waals surface area contributed by atoms with Crippen LogP contribution in [0.3, 0.4) is 0 Å². The van der Waals surface area contributed by atoms with Gasteiger partial charge in [-0.15, -0.1) is 0 Å². The van der Waals surface area contributed by atoms with Gasteiger partial charge in [-0.1, -0.05) is 0 Å². The largest absolute Gasteiger partial charge is 0.508 e. The fourth-order valence-electron chi connectivity index (χ4n) is 4.09. The van der Waals surface area contributed by atoms with Crippen molar-refractivity contribution in [2.45, 2.75) is 24.9 Å². The molecular formula is C21H19NO6. The Balaban J connectivity index is 1.31. The first-order chi connectivity index (χ1) is 13.5. The van der Waals surface area contributed by atoms with E-state index in [0.717, 1.165) is 0 Å². The summed E-state index contributed by atoms with van der Waals surface area (Å²) in [5, 5.41) is 9.71. The summed E-state index contributed by atoms with van der Waals surface area (Å²) < 4.78 is 16.8. The van der Waals surface area contributed by atoms with Crippen LogP contribution in [0.2, 0.25) is 0 Å². The van der Waals surface area contributed by atoms with Gasteiger partial charge < -0.3 is 24.2 Å². The number of Topliss-reactive ketones (excluding diaryl/α,β-unsaturated/α-hetero) is 1. The molecule has 5 rings (SSSR count). The standard InChI is InChI=1S/C21H19NO6/c23-14-2-3-15-16(24)11-21(28-18(15)10-14)5-7-22(8-6-21)20(25)13-1-4-17-19(9-13)27-12-26-17/h1-4,9-10,23H,5-8,11-12H2. The van der Waals surface area contributed by atoms with Gasteiger partial charge in [-0.05, 0) is 30.3 Å². The Morgan fingerprint density at radius 3 is 2.61 bits per heavy atom. The molecule has 0 atom stereocenters. The number of phenolic OH excluding ortho intramolecular Hbond substituents is 1. The fourth-order valence-corrected chi connectivity index (χ4v) is 4.09. The molecule has 0 aliphatic carbocycles. The monoisotopic (exact) mass is 381 g/mol. The summed E-state index contributed by atoms with van der Waals surface area (Å²) in [5.41, 5.74) is 0.433. The maximum atomic E-state index is 12.9. The zero-order valence-electron chi connectivity index (χ0n) is 15.1. The number of carbonyl (C=O) groups excluding carboxylic acids is 2. The lowest BCUT2D eigenvalue weighted by Gasteiger charge is -2.44. The number of likely N-dealkylation sites (tertiary alicyclic amines) is 1. The first-order valence-corrected chi connectivity index (χ1v) is 9.27. The lowest BCUT2D eigenvalue weighted by molar-refractivity contribution is -0.00580. The topological polar surface area (TPSA) is 85.3 Å². The highest BCUT2D eigenvalue weighted by molar-refractivity contribution is 6.00. The van der Waals surface area contributed by atoms with Gasteiger partial charge in [-0.2, -0.15) is 0 Å². The van der Waals surface area contributed by atoms with Gasteiger partial charge >= 0.3 is 0 Å². The van der Waals surface area contributed by atoms with Crippen LogP contribution in [0, 0.1) is 0 Å². The molecule has 1 amide bonds. The number of piperidine rings is 1. The molecule has 2 aromatic carbocycles. The molecule has 3 aliphatic rings. The van der Waals surface area contributed by atoms with Crippen molar-refractivity contribution >= 4 is 11.7 Å². The van der Waals surface area contributed by atoms with Crippen LogP contribution in [-0.2, 0) is 0 Å². The number of amides is 1. The maximum absolute atomic E-state index is 12.9. The van der Waals surface area contributed by atoms with E-state index in [-0.39, 0.29) is 30.7 Å². The van der Waals surface area contributed by atoms with Gasteiger partial charge in [0.2, 0.25) is 6.79 Å². The van der Waals surface area contributed by atoms with Crippen molar-refractivity contribution in [2.75, 3.05) is 19.9 Å². The lowest BCUT2D eigenvalue weighted by Crippen LogP contribution is -2.52. The molecule has 0 saturated carbocycles. The van der Waals surface area contributed by atoms with Crippen molar-refractivity contribution in [3.63, 3.8) is 0 Å². The number of ether oxygens (including phenoxy) is 3. The van der Waals surface area contributed by atoms with Crippen LogP contribution in [-0.4, -0.2) is 47.2 Å². The van der Waals surface area contributed by atoms with E-state index in [2.05, 4.69) is 0 Å². The number of carbonyl (C=O) groups is 2. The average Bonchev–Trinajstić information content (AvgIpc) is 3.15. The zero-order chi connectivity index (χ0) is 19.3. The number of phenols is 1. The molecule has 1 saturated heterocycles. The minimum Gasteiger partial charge on any atom is -0.508 e. The van der Waals surface area contributed by atoms with E-state index in [1.54, 1.807) is 29.2 Å². The predicted octanol–water partition coefficient (Wildman–Crippen LogP) is 2.76. The van der Waals surface area contributed by atoms with Crippen molar-refractivity contribution in [3.05, 3.63) is 47.5 Å². The molecule has 3 heterocycles. The van der Waals surface area contributed by atoms with E-state index in [4.69, 9.17) is 14.2 Å². The molecule has 0 bridgehead atoms. The third-order valence-electron chi connectivity index (χ3n) is 5.66. The SMILES string of the molecule is O=C1CC2(CCN(C(=O)c3ccc4c(c3)OCO4)CC2)Oc2cc(O)ccc21. The van der Waals surface area contributed by atoms with E-state index < -0.39 is 5.60 Å². The minimum atomic E-state index is -0.621. The predicted molar refractivity (Wildman–Crippen MR) is 98.1 cm³/mol. The molecule has 144 valence electrons. The number of aromatic hydroxyl groups is 1. The molecule has 7 nitrogen and oxygen atoms in total. The van der Waals surface area contributed by atoms with Crippen LogP contribution in [0.25, 0.3) is 0 Å². The van der Waals surface area contributed by atoms with E-state index in [0.29, 0.717) is 54.3 Å². The summed E-state index contributed by atoms with van der Waals surface area (Å²) in [6, 6.07) is 9.75. The van der Waals surface area contributed by atoms with Crippen molar-refractivity contribution in [2.24, 2.45) is 0 Å². The Kier molecular flexibility index (Phi) is 3.72.